The summed E-state index contributed by atoms with van der Waals surface area (Å²) in [5, 5.41) is 6.31. The van der Waals surface area contributed by atoms with Gasteiger partial charge in [0.05, 0.1) is 0 Å². The number of hydrogen-bond donors (Lipinski definition) is 1. The molecule has 14 heavy (non-hydrogen) atoms. The molecule has 0 amide bonds. The van der Waals surface area contributed by atoms with Gasteiger partial charge in [0.15, 0.2) is 5.01 Å². The molecule has 2 rings (SSSR count). The summed E-state index contributed by atoms with van der Waals surface area (Å²) >= 11 is 6.90. The van der Waals surface area contributed by atoms with Gasteiger partial charge in [0.2, 0.25) is 0 Å². The Balaban J connectivity index is 1.87. The lowest BCUT2D eigenvalue weighted by molar-refractivity contribution is 0.415. The fraction of sp³-hybridized carbons (Fsp3) is 0.600. The molecule has 0 aliphatic heterocycles. The van der Waals surface area contributed by atoms with Crippen LogP contribution in [0.25, 0.3) is 0 Å². The molecule has 1 N–H and O–H groups in total. The van der Waals surface area contributed by atoms with Gasteiger partial charge in [0.1, 0.15) is 4.99 Å². The third-order valence-electron chi connectivity index (χ3n) is 2.57. The third kappa shape index (κ3) is 2.51. The molecule has 0 bridgehead atoms. The molecule has 1 aromatic heterocycles. The van der Waals surface area contributed by atoms with Crippen LogP contribution in [0.5, 0.6) is 0 Å². The summed E-state index contributed by atoms with van der Waals surface area (Å²) in [5.41, 5.74) is 0. The minimum absolute atomic E-state index is 0.583. The molecule has 0 saturated heterocycles. The summed E-state index contributed by atoms with van der Waals surface area (Å²) < 4.78 is 0. The van der Waals surface area contributed by atoms with Gasteiger partial charge in [-0.05, 0) is 12.8 Å². The second-order valence-corrected chi connectivity index (χ2v) is 4.95. The van der Waals surface area contributed by atoms with Crippen molar-refractivity contribution in [1.82, 2.24) is 10.3 Å². The topological polar surface area (TPSA) is 24.9 Å². The molecule has 1 aromatic rings. The largest absolute Gasteiger partial charge is 0.371 e. The summed E-state index contributed by atoms with van der Waals surface area (Å²) in [7, 11) is 0. The third-order valence-corrected chi connectivity index (χ3v) is 3.80. The number of nitrogens with one attached hydrogen (secondary N) is 1. The van der Waals surface area contributed by atoms with E-state index < -0.39 is 0 Å². The van der Waals surface area contributed by atoms with Gasteiger partial charge in [-0.3, -0.25) is 0 Å². The summed E-state index contributed by atoms with van der Waals surface area (Å²) in [5.74, 6) is 0. The Hall–Kier alpha value is -0.480. The number of nitrogens with zero attached hydrogens (tertiary/aromatic N) is 1. The molecule has 1 saturated carbocycles. The van der Waals surface area contributed by atoms with E-state index in [1.165, 1.54) is 32.1 Å². The first-order chi connectivity index (χ1) is 6.86. The van der Waals surface area contributed by atoms with E-state index in [9.17, 15) is 0 Å². The van der Waals surface area contributed by atoms with Crippen LogP contribution in [0.4, 0.5) is 0 Å². The van der Waals surface area contributed by atoms with Crippen molar-refractivity contribution in [3.05, 3.63) is 16.6 Å². The molecule has 1 fully saturated rings. The minimum Gasteiger partial charge on any atom is -0.371 e. The predicted octanol–water partition coefficient (Wildman–Crippen LogP) is 2.74. The maximum absolute atomic E-state index is 5.29. The molecule has 0 radical (unpaired) electrons. The molecule has 1 aliphatic carbocycles. The zero-order chi connectivity index (χ0) is 9.80. The average molecular weight is 226 g/mol. The predicted molar refractivity (Wildman–Crippen MR) is 63.8 cm³/mol. The van der Waals surface area contributed by atoms with E-state index >= 15 is 0 Å². The standard InChI is InChI=1S/C10H14N2S2/c13-9(10-11-6-7-14-10)12-8-4-2-1-3-5-8/h6-8H,1-5H2,(H,12,13). The first-order valence-electron chi connectivity index (χ1n) is 5.06. The molecule has 0 unspecified atom stereocenters. The second kappa shape index (κ2) is 4.84. The Morgan fingerprint density at radius 2 is 2.21 bits per heavy atom. The summed E-state index contributed by atoms with van der Waals surface area (Å²) in [6, 6.07) is 0.583. The van der Waals surface area contributed by atoms with Crippen LogP contribution in [-0.2, 0) is 0 Å². The number of thiazole rings is 1. The first kappa shape index (κ1) is 10.1. The van der Waals surface area contributed by atoms with Gasteiger partial charge >= 0.3 is 0 Å². The van der Waals surface area contributed by atoms with Crippen molar-refractivity contribution in [2.24, 2.45) is 0 Å². The van der Waals surface area contributed by atoms with Crippen LogP contribution < -0.4 is 5.32 Å². The zero-order valence-corrected chi connectivity index (χ0v) is 9.66. The van der Waals surface area contributed by atoms with Crippen LogP contribution >= 0.6 is 23.6 Å². The molecular weight excluding hydrogens is 212 g/mol. The molecule has 0 atom stereocenters. The summed E-state index contributed by atoms with van der Waals surface area (Å²) in [4.78, 5) is 5.02. The fourth-order valence-corrected chi connectivity index (χ4v) is 2.73. The first-order valence-corrected chi connectivity index (χ1v) is 6.35. The van der Waals surface area contributed by atoms with Gasteiger partial charge in [0.25, 0.3) is 0 Å². The van der Waals surface area contributed by atoms with E-state index in [2.05, 4.69) is 10.3 Å². The number of hydrogen-bond acceptors (Lipinski definition) is 3. The van der Waals surface area contributed by atoms with Gasteiger partial charge in [0, 0.05) is 17.6 Å². The van der Waals surface area contributed by atoms with Gasteiger partial charge in [-0.15, -0.1) is 11.3 Å². The molecule has 1 aliphatic rings. The van der Waals surface area contributed by atoms with Crippen LogP contribution in [0.3, 0.4) is 0 Å². The smallest absolute Gasteiger partial charge is 0.150 e. The highest BCUT2D eigenvalue weighted by molar-refractivity contribution is 7.81. The van der Waals surface area contributed by atoms with Crippen molar-refractivity contribution < 1.29 is 0 Å². The van der Waals surface area contributed by atoms with Crippen LogP contribution in [0.1, 0.15) is 37.1 Å². The Morgan fingerprint density at radius 3 is 2.86 bits per heavy atom. The van der Waals surface area contributed by atoms with E-state index in [0.29, 0.717) is 6.04 Å². The van der Waals surface area contributed by atoms with Crippen molar-refractivity contribution in [2.45, 2.75) is 38.1 Å². The molecule has 1 heterocycles. The van der Waals surface area contributed by atoms with Crippen LogP contribution in [0, 0.1) is 0 Å². The van der Waals surface area contributed by atoms with E-state index in [0.717, 1.165) is 10.00 Å². The average Bonchev–Trinajstić information content (AvgIpc) is 2.72. The number of aromatic nitrogens is 1. The number of thiocarbonyl (C=S) groups is 1. The van der Waals surface area contributed by atoms with Crippen LogP contribution in [-0.4, -0.2) is 16.0 Å². The highest BCUT2D eigenvalue weighted by Gasteiger charge is 2.15. The molecule has 4 heteroatoms. The van der Waals surface area contributed by atoms with E-state index in [4.69, 9.17) is 12.2 Å². The number of rotatable bonds is 2. The second-order valence-electron chi connectivity index (χ2n) is 3.65. The SMILES string of the molecule is S=C(NC1CCCCC1)c1nccs1. The highest BCUT2D eigenvalue weighted by Crippen LogP contribution is 2.18. The maximum atomic E-state index is 5.29. The molecule has 0 spiro atoms. The van der Waals surface area contributed by atoms with Gasteiger partial charge < -0.3 is 5.32 Å². The van der Waals surface area contributed by atoms with Crippen molar-refractivity contribution in [3.8, 4) is 0 Å². The normalized spacial score (nSPS) is 18.0. The zero-order valence-electron chi connectivity index (χ0n) is 8.03. The Morgan fingerprint density at radius 1 is 1.43 bits per heavy atom. The Bertz CT molecular complexity index is 289. The summed E-state index contributed by atoms with van der Waals surface area (Å²) in [6.07, 6.45) is 8.35. The van der Waals surface area contributed by atoms with Crippen LogP contribution in [0.2, 0.25) is 0 Å². The maximum Gasteiger partial charge on any atom is 0.150 e. The Kier molecular flexibility index (Phi) is 3.48. The summed E-state index contributed by atoms with van der Waals surface area (Å²) in [6.45, 7) is 0. The van der Waals surface area contributed by atoms with Crippen molar-refractivity contribution in [1.29, 1.82) is 0 Å². The molecular formula is C10H14N2S2. The lowest BCUT2D eigenvalue weighted by Gasteiger charge is -2.23. The van der Waals surface area contributed by atoms with Gasteiger partial charge in [-0.2, -0.15) is 0 Å². The quantitative estimate of drug-likeness (QED) is 0.785. The monoisotopic (exact) mass is 226 g/mol. The van der Waals surface area contributed by atoms with Crippen molar-refractivity contribution >= 4 is 28.5 Å². The van der Waals surface area contributed by atoms with E-state index in [1.54, 1.807) is 17.5 Å². The van der Waals surface area contributed by atoms with Crippen molar-refractivity contribution in [3.63, 3.8) is 0 Å². The minimum atomic E-state index is 0.583. The van der Waals surface area contributed by atoms with Crippen LogP contribution in [0.15, 0.2) is 11.6 Å². The van der Waals surface area contributed by atoms with Gasteiger partial charge in [-0.1, -0.05) is 31.5 Å². The van der Waals surface area contributed by atoms with Crippen molar-refractivity contribution in [2.75, 3.05) is 0 Å². The van der Waals surface area contributed by atoms with E-state index in [-0.39, 0.29) is 0 Å². The molecule has 0 aromatic carbocycles. The van der Waals surface area contributed by atoms with Gasteiger partial charge in [-0.25, -0.2) is 4.98 Å². The van der Waals surface area contributed by atoms with E-state index in [1.807, 2.05) is 5.38 Å². The lowest BCUT2D eigenvalue weighted by Crippen LogP contribution is -2.35. The molecule has 76 valence electrons. The molecule has 2 nitrogen and oxygen atoms in total. The highest BCUT2D eigenvalue weighted by atomic mass is 32.1. The fourth-order valence-electron chi connectivity index (χ4n) is 1.83. The lowest BCUT2D eigenvalue weighted by atomic mass is 9.95. The Labute approximate surface area is 93.7 Å².